The Labute approximate surface area is 176 Å². The fourth-order valence-electron chi connectivity index (χ4n) is 3.09. The first-order valence-electron chi connectivity index (χ1n) is 9.53. The van der Waals surface area contributed by atoms with E-state index >= 15 is 0 Å². The van der Waals surface area contributed by atoms with E-state index in [0.29, 0.717) is 0 Å². The monoisotopic (exact) mass is 473 g/mol. The van der Waals surface area contributed by atoms with Crippen molar-refractivity contribution in [3.8, 4) is 0 Å². The van der Waals surface area contributed by atoms with E-state index in [4.69, 9.17) is 0 Å². The molecule has 1 aliphatic rings. The number of hydrogen-bond acceptors (Lipinski definition) is 3. The Morgan fingerprint density at radius 3 is 2.31 bits per heavy atom. The highest BCUT2D eigenvalue weighted by Crippen LogP contribution is 2.10. The van der Waals surface area contributed by atoms with Gasteiger partial charge in [0.05, 0.1) is 0 Å². The fourth-order valence-corrected chi connectivity index (χ4v) is 3.09. The van der Waals surface area contributed by atoms with Gasteiger partial charge >= 0.3 is 0 Å². The largest absolute Gasteiger partial charge is 0.352 e. The first-order chi connectivity index (χ1) is 12.1. The maximum atomic E-state index is 4.38. The van der Waals surface area contributed by atoms with E-state index < -0.39 is 0 Å². The third kappa shape index (κ3) is 7.80. The van der Waals surface area contributed by atoms with Gasteiger partial charge in [0.25, 0.3) is 0 Å². The van der Waals surface area contributed by atoms with Crippen LogP contribution in [-0.2, 0) is 13.1 Å². The number of rotatable bonds is 7. The highest BCUT2D eigenvalue weighted by Gasteiger charge is 2.13. The molecule has 0 unspecified atom stereocenters. The summed E-state index contributed by atoms with van der Waals surface area (Å²) in [6.07, 6.45) is 2.40. The van der Waals surface area contributed by atoms with Crippen molar-refractivity contribution in [1.29, 1.82) is 0 Å². The normalized spacial score (nSPS) is 16.2. The number of benzene rings is 1. The summed E-state index contributed by atoms with van der Waals surface area (Å²) in [4.78, 5) is 11.5. The van der Waals surface area contributed by atoms with Gasteiger partial charge in [-0.15, -0.1) is 24.0 Å². The first-order valence-corrected chi connectivity index (χ1v) is 9.53. The van der Waals surface area contributed by atoms with Crippen LogP contribution >= 0.6 is 24.0 Å². The van der Waals surface area contributed by atoms with Gasteiger partial charge in [-0.05, 0) is 24.6 Å². The molecule has 1 N–H and O–H groups in total. The average Bonchev–Trinajstić information content (AvgIpc) is 2.63. The summed E-state index contributed by atoms with van der Waals surface area (Å²) in [7, 11) is 6.15. The molecule has 0 aliphatic carbocycles. The van der Waals surface area contributed by atoms with Crippen molar-refractivity contribution in [3.05, 3.63) is 35.4 Å². The van der Waals surface area contributed by atoms with Gasteiger partial charge in [-0.2, -0.15) is 0 Å². The van der Waals surface area contributed by atoms with Gasteiger partial charge in [-0.25, -0.2) is 0 Å². The Kier molecular flexibility index (Phi) is 11.2. The van der Waals surface area contributed by atoms with E-state index in [-0.39, 0.29) is 24.0 Å². The Bertz CT molecular complexity index is 524. The Hall–Kier alpha value is -0.860. The Balaban J connectivity index is 0.00000338. The molecule has 0 atom stereocenters. The predicted molar refractivity (Wildman–Crippen MR) is 122 cm³/mol. The first kappa shape index (κ1) is 23.2. The minimum absolute atomic E-state index is 0. The molecule has 26 heavy (non-hydrogen) atoms. The van der Waals surface area contributed by atoms with Gasteiger partial charge < -0.3 is 15.1 Å². The van der Waals surface area contributed by atoms with Crippen LogP contribution in [0.5, 0.6) is 0 Å². The zero-order chi connectivity index (χ0) is 18.1. The number of piperazine rings is 1. The summed E-state index contributed by atoms with van der Waals surface area (Å²) < 4.78 is 0. The zero-order valence-corrected chi connectivity index (χ0v) is 19.2. The SMILES string of the molecule is CCCCN(C)C(=NC)NCc1ccc(CN2CCN(C)CC2)cc1.I. The lowest BCUT2D eigenvalue weighted by Crippen LogP contribution is -2.43. The van der Waals surface area contributed by atoms with Crippen LogP contribution in [0.3, 0.4) is 0 Å². The number of likely N-dealkylation sites (N-methyl/N-ethyl adjacent to an activating group) is 1. The van der Waals surface area contributed by atoms with Crippen molar-refractivity contribution in [2.45, 2.75) is 32.9 Å². The van der Waals surface area contributed by atoms with Crippen LogP contribution in [0.2, 0.25) is 0 Å². The quantitative estimate of drug-likeness (QED) is 0.375. The molecule has 1 aliphatic heterocycles. The second-order valence-electron chi connectivity index (χ2n) is 7.07. The van der Waals surface area contributed by atoms with Crippen molar-refractivity contribution >= 4 is 29.9 Å². The van der Waals surface area contributed by atoms with Crippen molar-refractivity contribution < 1.29 is 0 Å². The summed E-state index contributed by atoms with van der Waals surface area (Å²) in [5, 5.41) is 3.46. The van der Waals surface area contributed by atoms with Gasteiger partial charge in [0.2, 0.25) is 0 Å². The minimum atomic E-state index is 0. The van der Waals surface area contributed by atoms with Gasteiger partial charge in [0.15, 0.2) is 5.96 Å². The second kappa shape index (κ2) is 12.5. The number of nitrogens with one attached hydrogen (secondary N) is 1. The number of guanidine groups is 1. The van der Waals surface area contributed by atoms with E-state index in [9.17, 15) is 0 Å². The molecule has 148 valence electrons. The molecule has 1 heterocycles. The van der Waals surface area contributed by atoms with Crippen LogP contribution in [0, 0.1) is 0 Å². The second-order valence-corrected chi connectivity index (χ2v) is 7.07. The molecule has 1 aromatic rings. The molecule has 6 heteroatoms. The van der Waals surface area contributed by atoms with E-state index in [2.05, 4.69) is 70.3 Å². The van der Waals surface area contributed by atoms with Crippen LogP contribution < -0.4 is 5.32 Å². The molecule has 1 saturated heterocycles. The number of aliphatic imine (C=N–C) groups is 1. The third-order valence-corrected chi connectivity index (χ3v) is 4.90. The van der Waals surface area contributed by atoms with E-state index in [0.717, 1.165) is 25.6 Å². The average molecular weight is 473 g/mol. The molecule has 2 rings (SSSR count). The number of unbranched alkanes of at least 4 members (excludes halogenated alkanes) is 1. The van der Waals surface area contributed by atoms with Crippen LogP contribution in [0.4, 0.5) is 0 Å². The van der Waals surface area contributed by atoms with Crippen LogP contribution in [-0.4, -0.2) is 74.5 Å². The molecule has 0 saturated carbocycles. The minimum Gasteiger partial charge on any atom is -0.352 e. The smallest absolute Gasteiger partial charge is 0.193 e. The van der Waals surface area contributed by atoms with E-state index in [1.165, 1.54) is 50.1 Å². The zero-order valence-electron chi connectivity index (χ0n) is 16.9. The molecule has 1 aromatic carbocycles. The lowest BCUT2D eigenvalue weighted by Gasteiger charge is -2.32. The Morgan fingerprint density at radius 1 is 1.12 bits per heavy atom. The highest BCUT2D eigenvalue weighted by atomic mass is 127. The van der Waals surface area contributed by atoms with Crippen LogP contribution in [0.15, 0.2) is 29.3 Å². The fraction of sp³-hybridized carbons (Fsp3) is 0.650. The molecule has 0 radical (unpaired) electrons. The number of halogens is 1. The van der Waals surface area contributed by atoms with Gasteiger partial charge in [-0.1, -0.05) is 37.6 Å². The van der Waals surface area contributed by atoms with Crippen molar-refractivity contribution in [3.63, 3.8) is 0 Å². The maximum absolute atomic E-state index is 4.38. The summed E-state index contributed by atoms with van der Waals surface area (Å²) in [5.74, 6) is 0.968. The maximum Gasteiger partial charge on any atom is 0.193 e. The molecule has 5 nitrogen and oxygen atoms in total. The predicted octanol–water partition coefficient (Wildman–Crippen LogP) is 2.86. The molecule has 1 fully saturated rings. The lowest BCUT2D eigenvalue weighted by atomic mass is 10.1. The molecular formula is C20H36IN5. The number of hydrogen-bond donors (Lipinski definition) is 1. The van der Waals surface area contributed by atoms with Gasteiger partial charge in [0.1, 0.15) is 0 Å². The van der Waals surface area contributed by atoms with Crippen molar-refractivity contribution in [2.24, 2.45) is 4.99 Å². The standard InChI is InChI=1S/C20H35N5.HI/c1-5-6-11-24(4)20(21-2)22-16-18-7-9-19(10-8-18)17-25-14-12-23(3)13-15-25;/h7-10H,5-6,11-17H2,1-4H3,(H,21,22);1H. The molecule has 0 amide bonds. The van der Waals surface area contributed by atoms with Gasteiger partial charge in [-0.3, -0.25) is 9.89 Å². The molecule has 0 aromatic heterocycles. The summed E-state index contributed by atoms with van der Waals surface area (Å²) in [6.45, 7) is 9.81. The van der Waals surface area contributed by atoms with E-state index in [1.54, 1.807) is 0 Å². The third-order valence-electron chi connectivity index (χ3n) is 4.90. The number of nitrogens with zero attached hydrogens (tertiary/aromatic N) is 4. The summed E-state index contributed by atoms with van der Waals surface area (Å²) in [5.41, 5.74) is 2.70. The summed E-state index contributed by atoms with van der Waals surface area (Å²) >= 11 is 0. The lowest BCUT2D eigenvalue weighted by molar-refractivity contribution is 0.148. The van der Waals surface area contributed by atoms with Crippen molar-refractivity contribution in [2.75, 3.05) is 53.9 Å². The van der Waals surface area contributed by atoms with Gasteiger partial charge in [0, 0.05) is 59.9 Å². The molecular weight excluding hydrogens is 437 g/mol. The molecule has 0 spiro atoms. The Morgan fingerprint density at radius 2 is 1.73 bits per heavy atom. The van der Waals surface area contributed by atoms with Crippen molar-refractivity contribution in [1.82, 2.24) is 20.0 Å². The molecule has 0 bridgehead atoms. The van der Waals surface area contributed by atoms with Crippen LogP contribution in [0.25, 0.3) is 0 Å². The highest BCUT2D eigenvalue weighted by molar-refractivity contribution is 14.0. The topological polar surface area (TPSA) is 34.1 Å². The van der Waals surface area contributed by atoms with E-state index in [1.807, 2.05) is 7.05 Å². The summed E-state index contributed by atoms with van der Waals surface area (Å²) in [6, 6.07) is 8.99. The van der Waals surface area contributed by atoms with Crippen LogP contribution in [0.1, 0.15) is 30.9 Å².